The smallest absolute Gasteiger partial charge is 0.338 e. The van der Waals surface area contributed by atoms with Gasteiger partial charge in [0.1, 0.15) is 16.5 Å². The second kappa shape index (κ2) is 12.3. The molecule has 0 bridgehead atoms. The number of carboxylic acid groups (broad SMARTS) is 1. The zero-order valence-electron chi connectivity index (χ0n) is 24.5. The number of fused-ring (bicyclic) bond motifs is 1. The van der Waals surface area contributed by atoms with Crippen molar-refractivity contribution in [2.24, 2.45) is 5.92 Å². The molecule has 3 aromatic carbocycles. The summed E-state index contributed by atoms with van der Waals surface area (Å²) < 4.78 is 51.6. The van der Waals surface area contributed by atoms with Crippen molar-refractivity contribution in [1.29, 1.82) is 0 Å². The van der Waals surface area contributed by atoms with E-state index in [4.69, 9.17) is 4.74 Å². The number of para-hydroxylation sites is 1. The van der Waals surface area contributed by atoms with Gasteiger partial charge in [-0.2, -0.15) is 4.31 Å². The molecule has 1 atom stereocenters. The van der Waals surface area contributed by atoms with Gasteiger partial charge < -0.3 is 14.7 Å². The van der Waals surface area contributed by atoms with Crippen molar-refractivity contribution in [3.63, 3.8) is 0 Å². The van der Waals surface area contributed by atoms with Gasteiger partial charge in [0, 0.05) is 37.0 Å². The van der Waals surface area contributed by atoms with Gasteiger partial charge in [0.05, 0.1) is 17.4 Å². The number of carbonyl (C=O) groups is 1. The molecular formula is C34H39FN2O5S. The van der Waals surface area contributed by atoms with Crippen molar-refractivity contribution in [3.8, 4) is 16.9 Å². The van der Waals surface area contributed by atoms with Gasteiger partial charge in [-0.25, -0.2) is 17.6 Å². The van der Waals surface area contributed by atoms with Crippen molar-refractivity contribution in [2.75, 3.05) is 18.5 Å². The van der Waals surface area contributed by atoms with E-state index in [1.54, 1.807) is 17.4 Å². The van der Waals surface area contributed by atoms with Gasteiger partial charge in [-0.1, -0.05) is 49.9 Å². The number of anilines is 2. The number of carboxylic acids is 1. The van der Waals surface area contributed by atoms with Crippen LogP contribution in [-0.4, -0.2) is 49.5 Å². The van der Waals surface area contributed by atoms with Crippen LogP contribution in [0.15, 0.2) is 65.6 Å². The Labute approximate surface area is 253 Å². The molecule has 3 aliphatic rings. The molecule has 1 N–H and O–H groups in total. The lowest BCUT2D eigenvalue weighted by atomic mass is 9.83. The quantitative estimate of drug-likeness (QED) is 0.311. The first kappa shape index (κ1) is 29.6. The summed E-state index contributed by atoms with van der Waals surface area (Å²) in [4.78, 5) is 14.1. The van der Waals surface area contributed by atoms with E-state index >= 15 is 0 Å². The summed E-state index contributed by atoms with van der Waals surface area (Å²) in [6, 6.07) is 16.9. The van der Waals surface area contributed by atoms with Gasteiger partial charge in [0.2, 0.25) is 10.0 Å². The Bertz CT molecular complexity index is 1580. The number of nitrogens with zero attached hydrogens (tertiary/aromatic N) is 2. The summed E-state index contributed by atoms with van der Waals surface area (Å²) in [5, 5.41) is 9.65. The highest BCUT2D eigenvalue weighted by atomic mass is 32.2. The lowest BCUT2D eigenvalue weighted by molar-refractivity contribution is 0.0692. The molecule has 2 aliphatic carbocycles. The average molecular weight is 607 g/mol. The molecular weight excluding hydrogens is 567 g/mol. The standard InChI is InChI=1S/C34H39FN2O5S/c1-36-31(23-11-5-2-6-12-23)22-37(25-13-7-3-8-14-25)30-21-32(42-26-15-9-4-10-16-26)27(20-33(30)43(36,40)41)24-17-18-29(35)28(19-24)34(38)39/h3,7-8,13-14,17-21,23,26,31H,2,4-6,9-12,15-16,22H2,1H3,(H,38,39)/t31-/m0/s1. The Hall–Kier alpha value is -3.43. The monoisotopic (exact) mass is 606 g/mol. The van der Waals surface area contributed by atoms with Crippen molar-refractivity contribution in [1.82, 2.24) is 4.31 Å². The molecule has 0 saturated heterocycles. The molecule has 228 valence electrons. The van der Waals surface area contributed by atoms with E-state index in [-0.39, 0.29) is 23.0 Å². The second-order valence-electron chi connectivity index (χ2n) is 12.1. The number of halogens is 1. The van der Waals surface area contributed by atoms with Crippen molar-refractivity contribution in [2.45, 2.75) is 81.2 Å². The fourth-order valence-electron chi connectivity index (χ4n) is 7.06. The van der Waals surface area contributed by atoms with Crippen molar-refractivity contribution >= 4 is 27.4 Å². The molecule has 3 aromatic rings. The van der Waals surface area contributed by atoms with Crippen LogP contribution in [0.2, 0.25) is 0 Å². The second-order valence-corrected chi connectivity index (χ2v) is 14.1. The fourth-order valence-corrected chi connectivity index (χ4v) is 8.67. The minimum absolute atomic E-state index is 0.0461. The molecule has 43 heavy (non-hydrogen) atoms. The highest BCUT2D eigenvalue weighted by Crippen LogP contribution is 2.46. The third-order valence-electron chi connectivity index (χ3n) is 9.46. The number of ether oxygens (including phenoxy) is 1. The molecule has 0 amide bonds. The van der Waals surface area contributed by atoms with Crippen LogP contribution in [0.25, 0.3) is 11.1 Å². The highest BCUT2D eigenvalue weighted by molar-refractivity contribution is 7.89. The predicted molar refractivity (Wildman–Crippen MR) is 165 cm³/mol. The van der Waals surface area contributed by atoms with Crippen molar-refractivity contribution in [3.05, 3.63) is 72.0 Å². The summed E-state index contributed by atoms with van der Waals surface area (Å²) in [5.74, 6) is -1.52. The van der Waals surface area contributed by atoms with Gasteiger partial charge in [-0.05, 0) is 80.3 Å². The first-order chi connectivity index (χ1) is 20.7. The third-order valence-corrected chi connectivity index (χ3v) is 11.4. The van der Waals surface area contributed by atoms with Gasteiger partial charge in [0.15, 0.2) is 0 Å². The Balaban J connectivity index is 1.57. The number of likely N-dealkylation sites (N-methyl/N-ethyl adjacent to an activating group) is 1. The first-order valence-corrected chi connectivity index (χ1v) is 16.9. The number of hydrogen-bond donors (Lipinski definition) is 1. The normalized spacial score (nSPS) is 21.6. The molecule has 9 heteroatoms. The van der Waals surface area contributed by atoms with Gasteiger partial charge in [-0.15, -0.1) is 0 Å². The predicted octanol–water partition coefficient (Wildman–Crippen LogP) is 7.62. The third kappa shape index (κ3) is 5.89. The van der Waals surface area contributed by atoms with Gasteiger partial charge >= 0.3 is 5.97 Å². The van der Waals surface area contributed by atoms with Crippen molar-refractivity contribution < 1.29 is 27.4 Å². The lowest BCUT2D eigenvalue weighted by Gasteiger charge is -2.36. The summed E-state index contributed by atoms with van der Waals surface area (Å²) in [5.41, 5.74) is 1.78. The van der Waals surface area contributed by atoms with Crippen LogP contribution in [0.1, 0.15) is 74.6 Å². The topological polar surface area (TPSA) is 87.2 Å². The van der Waals surface area contributed by atoms with E-state index in [9.17, 15) is 22.7 Å². The lowest BCUT2D eigenvalue weighted by Crippen LogP contribution is -2.46. The van der Waals surface area contributed by atoms with Crippen LogP contribution in [0.4, 0.5) is 15.8 Å². The first-order valence-electron chi connectivity index (χ1n) is 15.4. The van der Waals surface area contributed by atoms with E-state index in [1.165, 1.54) is 18.6 Å². The highest BCUT2D eigenvalue weighted by Gasteiger charge is 2.41. The fraction of sp³-hybridized carbons (Fsp3) is 0.441. The van der Waals surface area contributed by atoms with Gasteiger partial charge in [0.25, 0.3) is 0 Å². The zero-order chi connectivity index (χ0) is 30.1. The molecule has 7 nitrogen and oxygen atoms in total. The summed E-state index contributed by atoms with van der Waals surface area (Å²) in [6.45, 7) is 0.499. The van der Waals surface area contributed by atoms with Crippen LogP contribution in [-0.2, 0) is 10.0 Å². The molecule has 1 heterocycles. The molecule has 0 radical (unpaired) electrons. The molecule has 0 unspecified atom stereocenters. The molecule has 0 spiro atoms. The largest absolute Gasteiger partial charge is 0.490 e. The maximum absolute atomic E-state index is 14.5. The Morgan fingerprint density at radius 2 is 1.58 bits per heavy atom. The summed E-state index contributed by atoms with van der Waals surface area (Å²) >= 11 is 0. The molecule has 1 aliphatic heterocycles. The zero-order valence-corrected chi connectivity index (χ0v) is 25.4. The Kier molecular flexibility index (Phi) is 8.47. The minimum atomic E-state index is -3.97. The van der Waals surface area contributed by atoms with Crippen LogP contribution in [0.5, 0.6) is 5.75 Å². The van der Waals surface area contributed by atoms with Crippen LogP contribution in [0, 0.1) is 11.7 Å². The van der Waals surface area contributed by atoms with E-state index in [1.807, 2.05) is 36.4 Å². The maximum atomic E-state index is 14.5. The molecule has 6 rings (SSSR count). The van der Waals surface area contributed by atoms with Crippen LogP contribution < -0.4 is 9.64 Å². The Morgan fingerprint density at radius 3 is 2.26 bits per heavy atom. The van der Waals surface area contributed by atoms with E-state index < -0.39 is 27.4 Å². The SMILES string of the molecule is CN1[C@H](C2CCCCC2)CN(c2ccccc2)c2cc(OC3CCCCC3)c(-c3ccc(F)c(C(=O)O)c3)cc2S1(=O)=O. The maximum Gasteiger partial charge on any atom is 0.338 e. The van der Waals surface area contributed by atoms with E-state index in [0.717, 1.165) is 69.5 Å². The summed E-state index contributed by atoms with van der Waals surface area (Å²) in [6.07, 6.45) is 10.3. The Morgan fingerprint density at radius 1 is 0.907 bits per heavy atom. The van der Waals surface area contributed by atoms with E-state index in [0.29, 0.717) is 29.1 Å². The van der Waals surface area contributed by atoms with Gasteiger partial charge in [-0.3, -0.25) is 0 Å². The molecule has 0 aromatic heterocycles. The van der Waals surface area contributed by atoms with Crippen LogP contribution in [0.3, 0.4) is 0 Å². The van der Waals surface area contributed by atoms with E-state index in [2.05, 4.69) is 4.90 Å². The number of aromatic carboxylic acids is 1. The summed E-state index contributed by atoms with van der Waals surface area (Å²) in [7, 11) is -2.29. The number of benzene rings is 3. The molecule has 2 saturated carbocycles. The number of hydrogen-bond acceptors (Lipinski definition) is 5. The average Bonchev–Trinajstić information content (AvgIpc) is 3.10. The number of sulfonamides is 1. The van der Waals surface area contributed by atoms with Crippen LogP contribution >= 0.6 is 0 Å². The number of rotatable bonds is 6. The minimum Gasteiger partial charge on any atom is -0.490 e. The molecule has 2 fully saturated rings.